The van der Waals surface area contributed by atoms with Crippen LogP contribution >= 0.6 is 11.6 Å². The molecule has 0 N–H and O–H groups in total. The van der Waals surface area contributed by atoms with E-state index in [0.29, 0.717) is 5.39 Å². The molecule has 0 atom stereocenters. The van der Waals surface area contributed by atoms with Gasteiger partial charge in [0.2, 0.25) is 5.88 Å². The monoisotopic (exact) mass is 312 g/mol. The molecule has 0 spiro atoms. The van der Waals surface area contributed by atoms with Crippen LogP contribution in [0.5, 0.6) is 5.88 Å². The molecule has 19 heavy (non-hydrogen) atoms. The van der Waals surface area contributed by atoms with Crippen LogP contribution in [0, 0.1) is 0 Å². The van der Waals surface area contributed by atoms with Crippen LogP contribution in [-0.4, -0.2) is 23.9 Å². The highest BCUT2D eigenvalue weighted by atomic mass is 35.5. The Morgan fingerprint density at radius 3 is 2.58 bits per heavy atom. The Balaban J connectivity index is 2.56. The number of nitrogens with zero attached hydrogens (tertiary/aromatic N) is 2. The molecule has 2 heterocycles. The largest absolute Gasteiger partial charge is 0.534 e. The lowest BCUT2D eigenvalue weighted by Crippen LogP contribution is -2.28. The second kappa shape index (κ2) is 4.49. The molecule has 2 aromatic heterocycles. The van der Waals surface area contributed by atoms with Crippen LogP contribution < -0.4 is 4.18 Å². The predicted octanol–water partition coefficient (Wildman–Crippen LogP) is 2.51. The molecule has 0 saturated carbocycles. The molecule has 0 saturated heterocycles. The summed E-state index contributed by atoms with van der Waals surface area (Å²) in [7, 11) is -5.78. The smallest absolute Gasteiger partial charge is 0.355 e. The SMILES string of the molecule is O=S(=O)(Oc1nccc2cnc(Cl)cc12)C(F)(F)F. The summed E-state index contributed by atoms with van der Waals surface area (Å²) in [5.74, 6) is -0.709. The van der Waals surface area contributed by atoms with Crippen molar-refractivity contribution in [1.82, 2.24) is 9.97 Å². The Bertz CT molecular complexity index is 733. The first-order valence-electron chi connectivity index (χ1n) is 4.62. The van der Waals surface area contributed by atoms with Crippen molar-refractivity contribution in [2.75, 3.05) is 0 Å². The van der Waals surface area contributed by atoms with Crippen LogP contribution in [0.15, 0.2) is 24.5 Å². The maximum absolute atomic E-state index is 12.2. The minimum atomic E-state index is -5.78. The van der Waals surface area contributed by atoms with Gasteiger partial charge in [-0.3, -0.25) is 0 Å². The molecular formula is C9H4ClF3N2O3S. The Labute approximate surface area is 110 Å². The van der Waals surface area contributed by atoms with E-state index in [-0.39, 0.29) is 10.5 Å². The lowest BCUT2D eigenvalue weighted by Gasteiger charge is -2.10. The fourth-order valence-electron chi connectivity index (χ4n) is 1.23. The summed E-state index contributed by atoms with van der Waals surface area (Å²) in [5, 5.41) is 0.317. The Hall–Kier alpha value is -1.61. The van der Waals surface area contributed by atoms with Gasteiger partial charge < -0.3 is 4.18 Å². The molecule has 10 heteroatoms. The highest BCUT2D eigenvalue weighted by molar-refractivity contribution is 7.88. The number of aromatic nitrogens is 2. The van der Waals surface area contributed by atoms with Gasteiger partial charge in [0.25, 0.3) is 0 Å². The third-order valence-corrected chi connectivity index (χ3v) is 3.20. The zero-order valence-corrected chi connectivity index (χ0v) is 10.4. The van der Waals surface area contributed by atoms with Gasteiger partial charge in [-0.1, -0.05) is 11.6 Å². The summed E-state index contributed by atoms with van der Waals surface area (Å²) >= 11 is 5.59. The molecule has 0 aromatic carbocycles. The number of halogens is 4. The molecule has 0 radical (unpaired) electrons. The van der Waals surface area contributed by atoms with E-state index in [1.54, 1.807) is 0 Å². The van der Waals surface area contributed by atoms with Crippen LogP contribution in [-0.2, 0) is 10.1 Å². The first-order chi connectivity index (χ1) is 8.71. The van der Waals surface area contributed by atoms with E-state index in [9.17, 15) is 21.6 Å². The molecule has 0 amide bonds. The van der Waals surface area contributed by atoms with Gasteiger partial charge in [-0.15, -0.1) is 0 Å². The van der Waals surface area contributed by atoms with Crippen molar-refractivity contribution in [3.63, 3.8) is 0 Å². The summed E-state index contributed by atoms with van der Waals surface area (Å²) in [4.78, 5) is 7.16. The summed E-state index contributed by atoms with van der Waals surface area (Å²) in [6.07, 6.45) is 2.35. The quantitative estimate of drug-likeness (QED) is 0.484. The number of alkyl halides is 3. The lowest BCUT2D eigenvalue weighted by molar-refractivity contribution is -0.0500. The van der Waals surface area contributed by atoms with Crippen LogP contribution in [0.3, 0.4) is 0 Å². The average molecular weight is 313 g/mol. The highest BCUT2D eigenvalue weighted by Gasteiger charge is 2.49. The van der Waals surface area contributed by atoms with E-state index < -0.39 is 21.5 Å². The molecule has 0 fully saturated rings. The summed E-state index contributed by atoms with van der Waals surface area (Å²) in [6, 6.07) is 2.58. The minimum absolute atomic E-state index is 0.00956. The van der Waals surface area contributed by atoms with Gasteiger partial charge in [0.15, 0.2) is 0 Å². The molecule has 102 valence electrons. The van der Waals surface area contributed by atoms with Gasteiger partial charge in [0.05, 0.1) is 0 Å². The normalized spacial score (nSPS) is 12.6. The molecule has 0 aliphatic carbocycles. The van der Waals surface area contributed by atoms with Crippen LogP contribution in [0.4, 0.5) is 13.2 Å². The predicted molar refractivity (Wildman–Crippen MR) is 60.2 cm³/mol. The van der Waals surface area contributed by atoms with Crippen molar-refractivity contribution in [3.8, 4) is 5.88 Å². The maximum atomic E-state index is 12.2. The summed E-state index contributed by atoms with van der Waals surface area (Å²) in [5.41, 5.74) is -5.53. The van der Waals surface area contributed by atoms with Crippen LogP contribution in [0.1, 0.15) is 0 Å². The molecule has 0 bridgehead atoms. The highest BCUT2D eigenvalue weighted by Crippen LogP contribution is 2.30. The van der Waals surface area contributed by atoms with Crippen molar-refractivity contribution >= 4 is 32.5 Å². The van der Waals surface area contributed by atoms with Gasteiger partial charge >= 0.3 is 15.6 Å². The average Bonchev–Trinajstić information content (AvgIpc) is 2.28. The Kier molecular flexibility index (Phi) is 3.27. The maximum Gasteiger partial charge on any atom is 0.534 e. The number of fused-ring (bicyclic) bond motifs is 1. The number of pyridine rings is 2. The van der Waals surface area contributed by atoms with Gasteiger partial charge in [-0.2, -0.15) is 21.6 Å². The number of rotatable bonds is 2. The van der Waals surface area contributed by atoms with E-state index in [4.69, 9.17) is 11.6 Å². The molecule has 2 rings (SSSR count). The second-order valence-corrected chi connectivity index (χ2v) is 5.25. The molecule has 0 unspecified atom stereocenters. The minimum Gasteiger partial charge on any atom is -0.355 e. The van der Waals surface area contributed by atoms with Crippen molar-refractivity contribution in [2.24, 2.45) is 0 Å². The second-order valence-electron chi connectivity index (χ2n) is 3.33. The van der Waals surface area contributed by atoms with Gasteiger partial charge in [0, 0.05) is 23.2 Å². The third-order valence-electron chi connectivity index (χ3n) is 2.05. The summed E-state index contributed by atoms with van der Waals surface area (Å²) in [6.45, 7) is 0. The Morgan fingerprint density at radius 2 is 1.95 bits per heavy atom. The zero-order chi connectivity index (χ0) is 14.3. The first-order valence-corrected chi connectivity index (χ1v) is 6.40. The Morgan fingerprint density at radius 1 is 1.26 bits per heavy atom. The van der Waals surface area contributed by atoms with Gasteiger partial charge in [-0.25, -0.2) is 9.97 Å². The fourth-order valence-corrected chi connectivity index (χ4v) is 1.82. The third kappa shape index (κ3) is 2.71. The molecule has 0 aliphatic rings. The van der Waals surface area contributed by atoms with Crippen LogP contribution in [0.2, 0.25) is 5.15 Å². The molecule has 2 aromatic rings. The lowest BCUT2D eigenvalue weighted by atomic mass is 10.2. The van der Waals surface area contributed by atoms with Crippen molar-refractivity contribution in [2.45, 2.75) is 5.51 Å². The zero-order valence-electron chi connectivity index (χ0n) is 8.85. The number of hydrogen-bond acceptors (Lipinski definition) is 5. The standard InChI is InChI=1S/C9H4ClF3N2O3S/c10-7-3-6-5(4-15-7)1-2-14-8(6)18-19(16,17)9(11,12)13/h1-4H. The molecule has 0 aliphatic heterocycles. The van der Waals surface area contributed by atoms with Crippen LogP contribution in [0.25, 0.3) is 10.8 Å². The van der Waals surface area contributed by atoms with E-state index in [1.165, 1.54) is 12.3 Å². The van der Waals surface area contributed by atoms with Crippen molar-refractivity contribution in [3.05, 3.63) is 29.7 Å². The van der Waals surface area contributed by atoms with E-state index >= 15 is 0 Å². The van der Waals surface area contributed by atoms with E-state index in [2.05, 4.69) is 14.2 Å². The first kappa shape index (κ1) is 13.8. The summed E-state index contributed by atoms with van der Waals surface area (Å²) < 4.78 is 62.5. The fraction of sp³-hybridized carbons (Fsp3) is 0.111. The van der Waals surface area contributed by atoms with Gasteiger partial charge in [0.1, 0.15) is 5.15 Å². The van der Waals surface area contributed by atoms with Gasteiger partial charge in [-0.05, 0) is 12.1 Å². The van der Waals surface area contributed by atoms with E-state index in [1.807, 2.05) is 0 Å². The van der Waals surface area contributed by atoms with E-state index in [0.717, 1.165) is 12.3 Å². The topological polar surface area (TPSA) is 69.2 Å². The molecule has 5 nitrogen and oxygen atoms in total. The van der Waals surface area contributed by atoms with Crippen molar-refractivity contribution in [1.29, 1.82) is 0 Å². The number of hydrogen-bond donors (Lipinski definition) is 0. The van der Waals surface area contributed by atoms with Crippen molar-refractivity contribution < 1.29 is 25.8 Å². The molecular weight excluding hydrogens is 309 g/mol.